The molecule has 1 aromatic carbocycles. The van der Waals surface area contributed by atoms with E-state index < -0.39 is 0 Å². The molecule has 1 aliphatic carbocycles. The molecule has 0 unspecified atom stereocenters. The van der Waals surface area contributed by atoms with Gasteiger partial charge in [0.15, 0.2) is 11.5 Å². The first-order valence-corrected chi connectivity index (χ1v) is 10.2. The Morgan fingerprint density at radius 2 is 1.86 bits per heavy atom. The molecule has 2 atom stereocenters. The number of aryl methyl sites for hydroxylation is 1. The highest BCUT2D eigenvalue weighted by Crippen LogP contribution is 2.50. The number of hydrogen-bond acceptors (Lipinski definition) is 7. The van der Waals surface area contributed by atoms with Crippen molar-refractivity contribution in [1.82, 2.24) is 19.4 Å². The van der Waals surface area contributed by atoms with Crippen molar-refractivity contribution < 1.29 is 19.1 Å². The highest BCUT2D eigenvalue weighted by atomic mass is 32.1. The lowest BCUT2D eigenvalue weighted by Crippen LogP contribution is -2.51. The number of amides is 2. The molecule has 3 heterocycles. The van der Waals surface area contributed by atoms with Crippen molar-refractivity contribution in [2.75, 3.05) is 33.0 Å². The van der Waals surface area contributed by atoms with Crippen LogP contribution in [-0.4, -0.2) is 64.2 Å². The third-order valence-corrected chi connectivity index (χ3v) is 6.47. The summed E-state index contributed by atoms with van der Waals surface area (Å²) in [5.41, 5.74) is 1.79. The van der Waals surface area contributed by atoms with E-state index in [4.69, 9.17) is 9.47 Å². The van der Waals surface area contributed by atoms with Gasteiger partial charge in [-0.05, 0) is 48.5 Å². The number of benzene rings is 1. The maximum atomic E-state index is 12.9. The highest BCUT2D eigenvalue weighted by Gasteiger charge is 2.46. The van der Waals surface area contributed by atoms with E-state index in [1.807, 2.05) is 23.1 Å². The summed E-state index contributed by atoms with van der Waals surface area (Å²) in [6, 6.07) is 5.92. The standard InChI is InChI=1S/C19H20N4O4S/c1-11-17(28-21-20-11)19(25)23-6-4-22(5-7-23)18(24)14-9-13(14)12-2-3-15-16(8-12)27-10-26-15/h2-3,8,13-14H,4-7,9-10H2,1H3/t13-,14-/m0/s1. The molecule has 9 heteroatoms. The Labute approximate surface area is 166 Å². The zero-order valence-corrected chi connectivity index (χ0v) is 16.3. The van der Waals surface area contributed by atoms with Crippen LogP contribution in [0.3, 0.4) is 0 Å². The molecule has 1 saturated carbocycles. The fourth-order valence-corrected chi connectivity index (χ4v) is 4.54. The van der Waals surface area contributed by atoms with E-state index in [0.29, 0.717) is 36.8 Å². The second-order valence-corrected chi connectivity index (χ2v) is 8.12. The van der Waals surface area contributed by atoms with Crippen LogP contribution in [0.25, 0.3) is 0 Å². The SMILES string of the molecule is Cc1nnsc1C(=O)N1CCN(C(=O)[C@H]2C[C@H]2c2ccc3c(c2)OCO3)CC1. The summed E-state index contributed by atoms with van der Waals surface area (Å²) in [5.74, 6) is 1.94. The van der Waals surface area contributed by atoms with Crippen LogP contribution in [0.1, 0.15) is 33.3 Å². The lowest BCUT2D eigenvalue weighted by Gasteiger charge is -2.34. The Hall–Kier alpha value is -2.68. The van der Waals surface area contributed by atoms with Crippen molar-refractivity contribution in [3.63, 3.8) is 0 Å². The largest absolute Gasteiger partial charge is 0.454 e. The Balaban J connectivity index is 1.18. The Bertz CT molecular complexity index is 938. The van der Waals surface area contributed by atoms with Crippen molar-refractivity contribution in [2.45, 2.75) is 19.3 Å². The van der Waals surface area contributed by atoms with Crippen LogP contribution in [0.4, 0.5) is 0 Å². The molecule has 0 spiro atoms. The van der Waals surface area contributed by atoms with E-state index in [2.05, 4.69) is 9.59 Å². The first-order valence-electron chi connectivity index (χ1n) is 9.38. The van der Waals surface area contributed by atoms with Gasteiger partial charge in [-0.2, -0.15) is 0 Å². The molecule has 1 aromatic heterocycles. The molecule has 146 valence electrons. The zero-order chi connectivity index (χ0) is 19.3. The van der Waals surface area contributed by atoms with Gasteiger partial charge in [-0.1, -0.05) is 10.6 Å². The van der Waals surface area contributed by atoms with Gasteiger partial charge in [-0.25, -0.2) is 0 Å². The lowest BCUT2D eigenvalue weighted by molar-refractivity contribution is -0.134. The third kappa shape index (κ3) is 2.99. The van der Waals surface area contributed by atoms with Crippen molar-refractivity contribution >= 4 is 23.3 Å². The zero-order valence-electron chi connectivity index (χ0n) is 15.5. The molecule has 2 fully saturated rings. The van der Waals surface area contributed by atoms with Gasteiger partial charge in [0.1, 0.15) is 4.88 Å². The molecule has 0 radical (unpaired) electrons. The summed E-state index contributed by atoms with van der Waals surface area (Å²) >= 11 is 1.13. The summed E-state index contributed by atoms with van der Waals surface area (Å²) in [5, 5.41) is 3.91. The molecule has 8 nitrogen and oxygen atoms in total. The highest BCUT2D eigenvalue weighted by molar-refractivity contribution is 7.07. The first-order chi connectivity index (χ1) is 13.6. The molecular formula is C19H20N4O4S. The first kappa shape index (κ1) is 17.4. The minimum Gasteiger partial charge on any atom is -0.454 e. The third-order valence-electron chi connectivity index (χ3n) is 5.66. The van der Waals surface area contributed by atoms with E-state index in [1.54, 1.807) is 11.8 Å². The fourth-order valence-electron chi connectivity index (χ4n) is 3.92. The van der Waals surface area contributed by atoms with Crippen LogP contribution in [0, 0.1) is 12.8 Å². The number of rotatable bonds is 3. The quantitative estimate of drug-likeness (QED) is 0.779. The number of nitrogens with zero attached hydrogens (tertiary/aromatic N) is 4. The van der Waals surface area contributed by atoms with E-state index in [1.165, 1.54) is 0 Å². The minimum absolute atomic E-state index is 0.0237. The number of carbonyl (C=O) groups excluding carboxylic acids is 2. The summed E-state index contributed by atoms with van der Waals surface area (Å²) in [6.45, 7) is 4.28. The van der Waals surface area contributed by atoms with Gasteiger partial charge in [0, 0.05) is 32.1 Å². The van der Waals surface area contributed by atoms with Gasteiger partial charge >= 0.3 is 0 Å². The van der Waals surface area contributed by atoms with Crippen molar-refractivity contribution in [1.29, 1.82) is 0 Å². The molecule has 28 heavy (non-hydrogen) atoms. The number of piperazine rings is 1. The minimum atomic E-state index is -0.0377. The Morgan fingerprint density at radius 1 is 1.11 bits per heavy atom. The van der Waals surface area contributed by atoms with Gasteiger partial charge in [-0.3, -0.25) is 9.59 Å². The smallest absolute Gasteiger partial charge is 0.267 e. The normalized spacial score (nSPS) is 23.0. The van der Waals surface area contributed by atoms with Crippen LogP contribution < -0.4 is 9.47 Å². The van der Waals surface area contributed by atoms with E-state index >= 15 is 0 Å². The summed E-state index contributed by atoms with van der Waals surface area (Å²) < 4.78 is 14.6. The van der Waals surface area contributed by atoms with Crippen LogP contribution in [0.2, 0.25) is 0 Å². The van der Waals surface area contributed by atoms with E-state index in [0.717, 1.165) is 35.0 Å². The van der Waals surface area contributed by atoms with Crippen molar-refractivity contribution in [3.05, 3.63) is 34.3 Å². The summed E-state index contributed by atoms with van der Waals surface area (Å²) in [6.07, 6.45) is 0.864. The van der Waals surface area contributed by atoms with Crippen LogP contribution >= 0.6 is 11.5 Å². The molecule has 2 aromatic rings. The van der Waals surface area contributed by atoms with Gasteiger partial charge in [-0.15, -0.1) is 5.10 Å². The van der Waals surface area contributed by atoms with Gasteiger partial charge in [0.25, 0.3) is 5.91 Å². The fraction of sp³-hybridized carbons (Fsp3) is 0.474. The van der Waals surface area contributed by atoms with Crippen molar-refractivity contribution in [2.24, 2.45) is 5.92 Å². The predicted molar refractivity (Wildman–Crippen MR) is 101 cm³/mol. The summed E-state index contributed by atoms with van der Waals surface area (Å²) in [4.78, 5) is 29.7. The Kier molecular flexibility index (Phi) is 4.19. The van der Waals surface area contributed by atoms with Crippen LogP contribution in [-0.2, 0) is 4.79 Å². The number of fused-ring (bicyclic) bond motifs is 1. The average molecular weight is 400 g/mol. The monoisotopic (exact) mass is 400 g/mol. The van der Waals surface area contributed by atoms with E-state index in [-0.39, 0.29) is 30.4 Å². The molecule has 3 aliphatic rings. The van der Waals surface area contributed by atoms with Gasteiger partial charge in [0.2, 0.25) is 12.7 Å². The van der Waals surface area contributed by atoms with Gasteiger partial charge in [0.05, 0.1) is 5.69 Å². The molecule has 2 amide bonds. The second-order valence-electron chi connectivity index (χ2n) is 7.37. The second kappa shape index (κ2) is 6.73. The van der Waals surface area contributed by atoms with Crippen LogP contribution in [0.5, 0.6) is 11.5 Å². The Morgan fingerprint density at radius 3 is 2.61 bits per heavy atom. The summed E-state index contributed by atoms with van der Waals surface area (Å²) in [7, 11) is 0. The number of carbonyl (C=O) groups is 2. The molecule has 0 N–H and O–H groups in total. The molecule has 0 bridgehead atoms. The average Bonchev–Trinajstić information content (AvgIpc) is 3.17. The molecule has 2 aliphatic heterocycles. The molecule has 1 saturated heterocycles. The van der Waals surface area contributed by atoms with E-state index in [9.17, 15) is 9.59 Å². The van der Waals surface area contributed by atoms with Crippen LogP contribution in [0.15, 0.2) is 18.2 Å². The number of hydrogen-bond donors (Lipinski definition) is 0. The lowest BCUT2D eigenvalue weighted by atomic mass is 10.1. The topological polar surface area (TPSA) is 84.9 Å². The number of ether oxygens (including phenoxy) is 2. The predicted octanol–water partition coefficient (Wildman–Crippen LogP) is 1.66. The number of aromatic nitrogens is 2. The van der Waals surface area contributed by atoms with Crippen molar-refractivity contribution in [3.8, 4) is 11.5 Å². The molecule has 5 rings (SSSR count). The van der Waals surface area contributed by atoms with Gasteiger partial charge < -0.3 is 19.3 Å². The molecular weight excluding hydrogens is 380 g/mol. The maximum absolute atomic E-state index is 12.9. The maximum Gasteiger partial charge on any atom is 0.267 e.